The highest BCUT2D eigenvalue weighted by molar-refractivity contribution is 6.31. The van der Waals surface area contributed by atoms with E-state index < -0.39 is 0 Å². The minimum Gasteiger partial charge on any atom is -0.381 e. The van der Waals surface area contributed by atoms with Gasteiger partial charge in [-0.25, -0.2) is 4.68 Å². The van der Waals surface area contributed by atoms with Gasteiger partial charge in [-0.05, 0) is 38.0 Å². The van der Waals surface area contributed by atoms with Crippen molar-refractivity contribution in [2.45, 2.75) is 33.4 Å². The number of halogens is 1. The first-order chi connectivity index (χ1) is 9.45. The maximum Gasteiger partial charge on any atom is 0.269 e. The fraction of sp³-hybridized carbons (Fsp3) is 0.333. The Labute approximate surface area is 123 Å². The number of anilines is 1. The number of aryl methyl sites for hydroxylation is 1. The van der Waals surface area contributed by atoms with Crippen LogP contribution in [0.5, 0.6) is 0 Å². The van der Waals surface area contributed by atoms with E-state index in [0.717, 1.165) is 16.8 Å². The van der Waals surface area contributed by atoms with Crippen molar-refractivity contribution < 1.29 is 0 Å². The van der Waals surface area contributed by atoms with Crippen molar-refractivity contribution in [3.63, 3.8) is 0 Å². The number of aromatic nitrogens is 2. The van der Waals surface area contributed by atoms with Gasteiger partial charge < -0.3 is 5.32 Å². The third-order valence-electron chi connectivity index (χ3n) is 2.85. The van der Waals surface area contributed by atoms with Crippen LogP contribution in [0.2, 0.25) is 5.02 Å². The molecule has 0 amide bonds. The Bertz CT molecular complexity index is 664. The Kier molecular flexibility index (Phi) is 4.45. The van der Waals surface area contributed by atoms with E-state index >= 15 is 0 Å². The van der Waals surface area contributed by atoms with Gasteiger partial charge in [-0.15, -0.1) is 0 Å². The van der Waals surface area contributed by atoms with Gasteiger partial charge in [0.15, 0.2) is 0 Å². The molecule has 0 saturated carbocycles. The highest BCUT2D eigenvalue weighted by atomic mass is 35.5. The molecule has 2 rings (SSSR count). The van der Waals surface area contributed by atoms with Gasteiger partial charge in [-0.3, -0.25) is 4.79 Å². The van der Waals surface area contributed by atoms with Crippen LogP contribution in [-0.4, -0.2) is 15.8 Å². The van der Waals surface area contributed by atoms with Crippen molar-refractivity contribution in [3.05, 3.63) is 57.0 Å². The Hall–Kier alpha value is -1.81. The zero-order valence-corrected chi connectivity index (χ0v) is 12.6. The summed E-state index contributed by atoms with van der Waals surface area (Å²) in [5.41, 5.74) is 2.57. The lowest BCUT2D eigenvalue weighted by atomic mass is 10.1. The summed E-state index contributed by atoms with van der Waals surface area (Å²) in [7, 11) is 0. The number of hydrogen-bond acceptors (Lipinski definition) is 3. The lowest BCUT2D eigenvalue weighted by molar-refractivity contribution is 0.639. The molecule has 0 aliphatic heterocycles. The van der Waals surface area contributed by atoms with Gasteiger partial charge in [0.1, 0.15) is 0 Å². The molecule has 0 radical (unpaired) electrons. The first-order valence-electron chi connectivity index (χ1n) is 6.54. The van der Waals surface area contributed by atoms with Crippen molar-refractivity contribution >= 4 is 17.3 Å². The van der Waals surface area contributed by atoms with Gasteiger partial charge in [0.2, 0.25) is 0 Å². The van der Waals surface area contributed by atoms with Crippen LogP contribution in [0, 0.1) is 6.92 Å². The zero-order chi connectivity index (χ0) is 14.7. The Morgan fingerprint density at radius 2 is 2.10 bits per heavy atom. The van der Waals surface area contributed by atoms with Gasteiger partial charge in [0, 0.05) is 17.1 Å². The molecule has 0 fully saturated rings. The molecule has 1 heterocycles. The Morgan fingerprint density at radius 1 is 1.35 bits per heavy atom. The first-order valence-corrected chi connectivity index (χ1v) is 6.92. The summed E-state index contributed by atoms with van der Waals surface area (Å²) in [6.45, 7) is 6.38. The van der Waals surface area contributed by atoms with Crippen LogP contribution in [0.1, 0.15) is 25.0 Å². The molecule has 0 bridgehead atoms. The topological polar surface area (TPSA) is 46.9 Å². The van der Waals surface area contributed by atoms with Crippen LogP contribution in [0.3, 0.4) is 0 Å². The van der Waals surface area contributed by atoms with Gasteiger partial charge in [0.25, 0.3) is 5.56 Å². The summed E-state index contributed by atoms with van der Waals surface area (Å²) in [6.07, 6.45) is 1.66. The number of nitrogens with zero attached hydrogens (tertiary/aromatic N) is 2. The van der Waals surface area contributed by atoms with Crippen molar-refractivity contribution in [2.75, 3.05) is 5.32 Å². The van der Waals surface area contributed by atoms with Crippen LogP contribution in [-0.2, 0) is 6.54 Å². The quantitative estimate of drug-likeness (QED) is 0.942. The molecule has 0 aliphatic carbocycles. The monoisotopic (exact) mass is 291 g/mol. The third-order valence-corrected chi connectivity index (χ3v) is 3.21. The predicted molar refractivity (Wildman–Crippen MR) is 82.5 cm³/mol. The summed E-state index contributed by atoms with van der Waals surface area (Å²) in [6, 6.07) is 7.59. The van der Waals surface area contributed by atoms with Gasteiger partial charge in [0.05, 0.1) is 18.4 Å². The van der Waals surface area contributed by atoms with Crippen molar-refractivity contribution in [2.24, 2.45) is 0 Å². The van der Waals surface area contributed by atoms with Crippen LogP contribution >= 0.6 is 11.6 Å². The second-order valence-electron chi connectivity index (χ2n) is 5.13. The summed E-state index contributed by atoms with van der Waals surface area (Å²) in [5.74, 6) is 0. The van der Waals surface area contributed by atoms with Crippen LogP contribution in [0.25, 0.3) is 0 Å². The second-order valence-corrected chi connectivity index (χ2v) is 5.54. The number of rotatable bonds is 4. The molecule has 106 valence electrons. The molecule has 0 saturated heterocycles. The lowest BCUT2D eigenvalue weighted by Crippen LogP contribution is -2.24. The molecule has 0 atom stereocenters. The minimum absolute atomic E-state index is 0.146. The van der Waals surface area contributed by atoms with E-state index in [1.54, 1.807) is 12.3 Å². The van der Waals surface area contributed by atoms with Crippen molar-refractivity contribution in [3.8, 4) is 0 Å². The molecular weight excluding hydrogens is 274 g/mol. The Balaban J connectivity index is 2.23. The lowest BCUT2D eigenvalue weighted by Gasteiger charge is -2.11. The fourth-order valence-corrected chi connectivity index (χ4v) is 2.20. The van der Waals surface area contributed by atoms with E-state index in [0.29, 0.717) is 11.6 Å². The normalized spacial score (nSPS) is 10.8. The largest absolute Gasteiger partial charge is 0.381 e. The average molecular weight is 292 g/mol. The highest BCUT2D eigenvalue weighted by Crippen LogP contribution is 2.18. The SMILES string of the molecule is Cc1ccc(Cn2ncc(NC(C)C)cc2=O)c(Cl)c1. The van der Waals surface area contributed by atoms with E-state index in [1.807, 2.05) is 39.0 Å². The van der Waals surface area contributed by atoms with Gasteiger partial charge in [-0.1, -0.05) is 23.7 Å². The molecule has 0 aliphatic rings. The molecule has 20 heavy (non-hydrogen) atoms. The molecule has 1 aromatic heterocycles. The predicted octanol–water partition coefficient (Wildman–Crippen LogP) is 3.07. The molecule has 1 N–H and O–H groups in total. The summed E-state index contributed by atoms with van der Waals surface area (Å²) in [4.78, 5) is 12.0. The van der Waals surface area contributed by atoms with Gasteiger partial charge >= 0.3 is 0 Å². The third kappa shape index (κ3) is 3.61. The van der Waals surface area contributed by atoms with Crippen LogP contribution < -0.4 is 10.9 Å². The fourth-order valence-electron chi connectivity index (χ4n) is 1.91. The number of nitrogens with one attached hydrogen (secondary N) is 1. The zero-order valence-electron chi connectivity index (χ0n) is 11.9. The van der Waals surface area contributed by atoms with Crippen LogP contribution in [0.15, 0.2) is 35.3 Å². The van der Waals surface area contributed by atoms with Gasteiger partial charge in [-0.2, -0.15) is 5.10 Å². The molecular formula is C15H18ClN3O. The Morgan fingerprint density at radius 3 is 2.70 bits per heavy atom. The molecule has 5 heteroatoms. The summed E-state index contributed by atoms with van der Waals surface area (Å²) in [5, 5.41) is 7.98. The summed E-state index contributed by atoms with van der Waals surface area (Å²) >= 11 is 6.18. The summed E-state index contributed by atoms with van der Waals surface area (Å²) < 4.78 is 1.40. The van der Waals surface area contributed by atoms with E-state index in [9.17, 15) is 4.79 Å². The van der Waals surface area contributed by atoms with Crippen molar-refractivity contribution in [1.29, 1.82) is 0 Å². The van der Waals surface area contributed by atoms with E-state index in [4.69, 9.17) is 11.6 Å². The van der Waals surface area contributed by atoms with E-state index in [-0.39, 0.29) is 11.6 Å². The first kappa shape index (κ1) is 14.6. The van der Waals surface area contributed by atoms with E-state index in [1.165, 1.54) is 4.68 Å². The highest BCUT2D eigenvalue weighted by Gasteiger charge is 2.05. The standard InChI is InChI=1S/C15H18ClN3O/c1-10(2)18-13-7-15(20)19(17-8-13)9-12-5-4-11(3)6-14(12)16/h4-8,10,18H,9H2,1-3H3. The van der Waals surface area contributed by atoms with Crippen molar-refractivity contribution in [1.82, 2.24) is 9.78 Å². The molecule has 1 aromatic carbocycles. The number of benzene rings is 1. The molecule has 4 nitrogen and oxygen atoms in total. The van der Waals surface area contributed by atoms with E-state index in [2.05, 4.69) is 10.4 Å². The second kappa shape index (κ2) is 6.09. The molecule has 2 aromatic rings. The smallest absolute Gasteiger partial charge is 0.269 e. The number of hydrogen-bond donors (Lipinski definition) is 1. The van der Waals surface area contributed by atoms with Crippen LogP contribution in [0.4, 0.5) is 5.69 Å². The maximum atomic E-state index is 12.0. The minimum atomic E-state index is -0.146. The average Bonchev–Trinajstić information content (AvgIpc) is 2.34. The molecule has 0 unspecified atom stereocenters. The molecule has 0 spiro atoms. The maximum absolute atomic E-state index is 12.0.